The van der Waals surface area contributed by atoms with Gasteiger partial charge in [0.1, 0.15) is 5.75 Å². The van der Waals surface area contributed by atoms with Gasteiger partial charge in [-0.05, 0) is 45.1 Å². The van der Waals surface area contributed by atoms with E-state index in [1.54, 1.807) is 6.07 Å². The van der Waals surface area contributed by atoms with Gasteiger partial charge in [-0.2, -0.15) is 0 Å². The number of hydrogen-bond acceptors (Lipinski definition) is 3. The first-order valence-electron chi connectivity index (χ1n) is 7.36. The van der Waals surface area contributed by atoms with Crippen LogP contribution >= 0.6 is 23.2 Å². The summed E-state index contributed by atoms with van der Waals surface area (Å²) < 4.78 is 5.87. The van der Waals surface area contributed by atoms with E-state index >= 15 is 0 Å². The molecule has 0 fully saturated rings. The Bertz CT molecular complexity index is 437. The molecule has 0 aliphatic rings. The van der Waals surface area contributed by atoms with E-state index in [0.717, 1.165) is 30.8 Å². The maximum atomic E-state index is 6.27. The second kappa shape index (κ2) is 9.52. The average molecular weight is 333 g/mol. The third-order valence-electron chi connectivity index (χ3n) is 2.95. The zero-order valence-electron chi connectivity index (χ0n) is 13.4. The molecule has 1 rings (SSSR count). The molecule has 5 heteroatoms. The zero-order chi connectivity index (χ0) is 15.8. The lowest BCUT2D eigenvalue weighted by molar-refractivity contribution is 0.279. The summed E-state index contributed by atoms with van der Waals surface area (Å²) in [5, 5.41) is 4.62. The van der Waals surface area contributed by atoms with E-state index < -0.39 is 0 Å². The van der Waals surface area contributed by atoms with E-state index in [9.17, 15) is 0 Å². The second-order valence-electron chi connectivity index (χ2n) is 5.91. The fourth-order valence-corrected chi connectivity index (χ4v) is 2.55. The number of rotatable bonds is 9. The number of hydrogen-bond donors (Lipinski definition) is 1. The summed E-state index contributed by atoms with van der Waals surface area (Å²) in [7, 11) is 4.10. The minimum Gasteiger partial charge on any atom is -0.492 e. The van der Waals surface area contributed by atoms with Gasteiger partial charge >= 0.3 is 0 Å². The molecule has 0 saturated carbocycles. The summed E-state index contributed by atoms with van der Waals surface area (Å²) in [5.41, 5.74) is 1.01. The molecule has 0 aromatic heterocycles. The van der Waals surface area contributed by atoms with Crippen molar-refractivity contribution in [2.45, 2.75) is 26.8 Å². The van der Waals surface area contributed by atoms with E-state index in [2.05, 4.69) is 38.2 Å². The van der Waals surface area contributed by atoms with Crippen LogP contribution in [0.2, 0.25) is 10.0 Å². The predicted octanol–water partition coefficient (Wildman–Crippen LogP) is 4.07. The van der Waals surface area contributed by atoms with Crippen molar-refractivity contribution in [3.05, 3.63) is 27.7 Å². The van der Waals surface area contributed by atoms with Crippen LogP contribution in [0.4, 0.5) is 0 Å². The van der Waals surface area contributed by atoms with Gasteiger partial charge in [0.05, 0.1) is 11.6 Å². The molecule has 1 aromatic carbocycles. The molecule has 0 amide bonds. The number of benzene rings is 1. The van der Waals surface area contributed by atoms with Crippen LogP contribution in [0.25, 0.3) is 0 Å². The Kier molecular flexibility index (Phi) is 8.42. The molecule has 0 heterocycles. The highest BCUT2D eigenvalue weighted by atomic mass is 35.5. The molecule has 0 spiro atoms. The van der Waals surface area contributed by atoms with Gasteiger partial charge in [0, 0.05) is 23.7 Å². The Morgan fingerprint density at radius 2 is 1.95 bits per heavy atom. The minimum absolute atomic E-state index is 0.578. The number of halogens is 2. The first-order chi connectivity index (χ1) is 9.90. The van der Waals surface area contributed by atoms with Crippen molar-refractivity contribution in [3.8, 4) is 5.75 Å². The Hall–Kier alpha value is -0.480. The van der Waals surface area contributed by atoms with Crippen molar-refractivity contribution in [3.63, 3.8) is 0 Å². The first kappa shape index (κ1) is 18.6. The Balaban J connectivity index is 2.66. The quantitative estimate of drug-likeness (QED) is 0.690. The molecule has 120 valence electrons. The van der Waals surface area contributed by atoms with Crippen LogP contribution in [0.15, 0.2) is 12.1 Å². The standard InChI is InChI=1S/C16H26Cl2N2O/c1-12(2)10-19-11-13-8-14(17)9-15(18)16(13)21-7-5-6-20(3)4/h8-9,12,19H,5-7,10-11H2,1-4H3. The molecule has 0 aliphatic heterocycles. The number of nitrogens with one attached hydrogen (secondary N) is 1. The van der Waals surface area contributed by atoms with Crippen molar-refractivity contribution in [2.75, 3.05) is 33.8 Å². The van der Waals surface area contributed by atoms with E-state index in [1.165, 1.54) is 0 Å². The number of ether oxygens (including phenoxy) is 1. The summed E-state index contributed by atoms with van der Waals surface area (Å²) in [5.74, 6) is 1.35. The molecular formula is C16H26Cl2N2O. The summed E-state index contributed by atoms with van der Waals surface area (Å²) >= 11 is 12.4. The molecule has 1 N–H and O–H groups in total. The lowest BCUT2D eigenvalue weighted by Gasteiger charge is -2.16. The van der Waals surface area contributed by atoms with Gasteiger partial charge < -0.3 is 15.0 Å². The molecule has 0 aliphatic carbocycles. The average Bonchev–Trinajstić information content (AvgIpc) is 2.35. The van der Waals surface area contributed by atoms with Crippen molar-refractivity contribution in [1.82, 2.24) is 10.2 Å². The highest BCUT2D eigenvalue weighted by molar-refractivity contribution is 6.35. The van der Waals surface area contributed by atoms with Gasteiger partial charge in [0.15, 0.2) is 0 Å². The summed E-state index contributed by atoms with van der Waals surface area (Å²) in [6.07, 6.45) is 0.963. The van der Waals surface area contributed by atoms with Gasteiger partial charge in [0.2, 0.25) is 0 Å². The largest absolute Gasteiger partial charge is 0.492 e. The van der Waals surface area contributed by atoms with Crippen LogP contribution in [0, 0.1) is 5.92 Å². The van der Waals surface area contributed by atoms with Gasteiger partial charge in [-0.25, -0.2) is 0 Å². The fraction of sp³-hybridized carbons (Fsp3) is 0.625. The van der Waals surface area contributed by atoms with Gasteiger partial charge in [-0.15, -0.1) is 0 Å². The van der Waals surface area contributed by atoms with Gasteiger partial charge in [-0.3, -0.25) is 0 Å². The van der Waals surface area contributed by atoms with Crippen molar-refractivity contribution in [2.24, 2.45) is 5.92 Å². The number of nitrogens with zero attached hydrogens (tertiary/aromatic N) is 1. The predicted molar refractivity (Wildman–Crippen MR) is 91.7 cm³/mol. The summed E-state index contributed by atoms with van der Waals surface area (Å²) in [6.45, 7) is 7.65. The molecule has 0 bridgehead atoms. The van der Waals surface area contributed by atoms with Crippen molar-refractivity contribution in [1.29, 1.82) is 0 Å². The first-order valence-corrected chi connectivity index (χ1v) is 8.12. The van der Waals surface area contributed by atoms with E-state index in [4.69, 9.17) is 27.9 Å². The highest BCUT2D eigenvalue weighted by Gasteiger charge is 2.11. The summed E-state index contributed by atoms with van der Waals surface area (Å²) in [4.78, 5) is 2.14. The van der Waals surface area contributed by atoms with Crippen LogP contribution in [0.1, 0.15) is 25.8 Å². The molecule has 0 radical (unpaired) electrons. The minimum atomic E-state index is 0.578. The Labute approximate surface area is 138 Å². The monoisotopic (exact) mass is 332 g/mol. The van der Waals surface area contributed by atoms with Crippen LogP contribution in [0.3, 0.4) is 0 Å². The maximum absolute atomic E-state index is 6.27. The highest BCUT2D eigenvalue weighted by Crippen LogP contribution is 2.32. The van der Waals surface area contributed by atoms with E-state index in [-0.39, 0.29) is 0 Å². The third kappa shape index (κ3) is 7.37. The molecular weight excluding hydrogens is 307 g/mol. The normalized spacial score (nSPS) is 11.4. The fourth-order valence-electron chi connectivity index (χ4n) is 1.96. The van der Waals surface area contributed by atoms with Crippen LogP contribution in [-0.4, -0.2) is 38.7 Å². The Morgan fingerprint density at radius 3 is 2.57 bits per heavy atom. The second-order valence-corrected chi connectivity index (χ2v) is 6.75. The zero-order valence-corrected chi connectivity index (χ0v) is 14.9. The molecule has 1 aromatic rings. The van der Waals surface area contributed by atoms with Gasteiger partial charge in [-0.1, -0.05) is 37.0 Å². The van der Waals surface area contributed by atoms with Crippen molar-refractivity contribution >= 4 is 23.2 Å². The van der Waals surface area contributed by atoms with Crippen molar-refractivity contribution < 1.29 is 4.74 Å². The van der Waals surface area contributed by atoms with E-state index in [1.807, 2.05) is 6.07 Å². The smallest absolute Gasteiger partial charge is 0.142 e. The van der Waals surface area contributed by atoms with Crippen LogP contribution in [0.5, 0.6) is 5.75 Å². The lowest BCUT2D eigenvalue weighted by Crippen LogP contribution is -2.20. The Morgan fingerprint density at radius 1 is 1.24 bits per heavy atom. The van der Waals surface area contributed by atoms with Gasteiger partial charge in [0.25, 0.3) is 0 Å². The lowest BCUT2D eigenvalue weighted by atomic mass is 10.1. The molecule has 3 nitrogen and oxygen atoms in total. The topological polar surface area (TPSA) is 24.5 Å². The molecule has 21 heavy (non-hydrogen) atoms. The molecule has 0 atom stereocenters. The summed E-state index contributed by atoms with van der Waals surface area (Å²) in [6, 6.07) is 3.65. The molecule has 0 saturated heterocycles. The SMILES string of the molecule is CC(C)CNCc1cc(Cl)cc(Cl)c1OCCCN(C)C. The maximum Gasteiger partial charge on any atom is 0.142 e. The van der Waals surface area contributed by atoms with Crippen LogP contribution < -0.4 is 10.1 Å². The van der Waals surface area contributed by atoms with Crippen LogP contribution in [-0.2, 0) is 6.54 Å². The third-order valence-corrected chi connectivity index (χ3v) is 3.45. The van der Waals surface area contributed by atoms with E-state index in [0.29, 0.717) is 29.1 Å². The molecule has 0 unspecified atom stereocenters.